The van der Waals surface area contributed by atoms with Crippen molar-refractivity contribution in [1.29, 1.82) is 0 Å². The lowest BCUT2D eigenvalue weighted by molar-refractivity contribution is 0.184. The minimum absolute atomic E-state index is 0.651. The van der Waals surface area contributed by atoms with Gasteiger partial charge in [0.15, 0.2) is 0 Å². The van der Waals surface area contributed by atoms with Crippen molar-refractivity contribution in [2.45, 2.75) is 51.1 Å². The summed E-state index contributed by atoms with van der Waals surface area (Å²) in [7, 11) is 0. The van der Waals surface area contributed by atoms with Crippen LogP contribution in [0, 0.1) is 5.92 Å². The van der Waals surface area contributed by atoms with Crippen LogP contribution in [0.1, 0.15) is 39.0 Å². The van der Waals surface area contributed by atoms with E-state index in [1.165, 1.54) is 32.1 Å². The third kappa shape index (κ3) is 2.68. The van der Waals surface area contributed by atoms with Crippen molar-refractivity contribution < 1.29 is 4.74 Å². The number of hydrogen-bond donors (Lipinski definition) is 1. The zero-order chi connectivity index (χ0) is 9.10. The fourth-order valence-corrected chi connectivity index (χ4v) is 2.43. The molecule has 2 fully saturated rings. The topological polar surface area (TPSA) is 21.3 Å². The molecule has 0 aromatic rings. The van der Waals surface area contributed by atoms with Gasteiger partial charge in [0.1, 0.15) is 0 Å². The van der Waals surface area contributed by atoms with Crippen LogP contribution >= 0.6 is 0 Å². The lowest BCUT2D eigenvalue weighted by Gasteiger charge is -2.29. The quantitative estimate of drug-likeness (QED) is 0.706. The van der Waals surface area contributed by atoms with E-state index in [1.807, 2.05) is 0 Å². The van der Waals surface area contributed by atoms with E-state index < -0.39 is 0 Å². The molecule has 1 saturated carbocycles. The average molecular weight is 183 g/mol. The summed E-state index contributed by atoms with van der Waals surface area (Å²) in [4.78, 5) is 0. The molecule has 0 radical (unpaired) electrons. The van der Waals surface area contributed by atoms with Gasteiger partial charge in [-0.05, 0) is 38.0 Å². The van der Waals surface area contributed by atoms with Crippen molar-refractivity contribution in [3.8, 4) is 0 Å². The van der Waals surface area contributed by atoms with Crippen LogP contribution in [0.5, 0.6) is 0 Å². The van der Waals surface area contributed by atoms with Gasteiger partial charge in [0.05, 0.1) is 6.61 Å². The van der Waals surface area contributed by atoms with Gasteiger partial charge >= 0.3 is 0 Å². The van der Waals surface area contributed by atoms with Crippen molar-refractivity contribution in [3.63, 3.8) is 0 Å². The third-order valence-corrected chi connectivity index (χ3v) is 3.42. The Kier molecular flexibility index (Phi) is 3.23. The molecule has 1 N–H and O–H groups in total. The first-order chi connectivity index (χ1) is 6.34. The minimum Gasteiger partial charge on any atom is -0.380 e. The number of nitrogens with one attached hydrogen (secondary N) is 1. The summed E-state index contributed by atoms with van der Waals surface area (Å²) in [6.45, 7) is 4.27. The van der Waals surface area contributed by atoms with Crippen molar-refractivity contribution in [2.75, 3.05) is 13.2 Å². The molecular weight excluding hydrogens is 162 g/mol. The van der Waals surface area contributed by atoms with Crippen molar-refractivity contribution in [2.24, 2.45) is 5.92 Å². The monoisotopic (exact) mass is 183 g/mol. The van der Waals surface area contributed by atoms with E-state index in [9.17, 15) is 0 Å². The summed E-state index contributed by atoms with van der Waals surface area (Å²) in [5, 5.41) is 3.71. The Hall–Kier alpha value is -0.0800. The Morgan fingerprint density at radius 1 is 1.00 bits per heavy atom. The summed E-state index contributed by atoms with van der Waals surface area (Å²) in [5.74, 6) is 0.956. The third-order valence-electron chi connectivity index (χ3n) is 3.42. The first-order valence-corrected chi connectivity index (χ1v) is 5.68. The summed E-state index contributed by atoms with van der Waals surface area (Å²) in [6.07, 6.45) is 6.78. The van der Waals surface area contributed by atoms with Crippen molar-refractivity contribution in [1.82, 2.24) is 5.32 Å². The second kappa shape index (κ2) is 4.43. The lowest BCUT2D eigenvalue weighted by atomic mass is 9.87. The normalized spacial score (nSPS) is 40.8. The highest BCUT2D eigenvalue weighted by molar-refractivity contribution is 4.80. The molecule has 0 amide bonds. The van der Waals surface area contributed by atoms with Crippen LogP contribution in [0.15, 0.2) is 0 Å². The van der Waals surface area contributed by atoms with Gasteiger partial charge < -0.3 is 10.1 Å². The zero-order valence-electron chi connectivity index (χ0n) is 8.59. The Morgan fingerprint density at radius 2 is 1.77 bits per heavy atom. The first-order valence-electron chi connectivity index (χ1n) is 5.68. The van der Waals surface area contributed by atoms with Gasteiger partial charge in [-0.2, -0.15) is 0 Å². The molecule has 1 heterocycles. The maximum atomic E-state index is 5.36. The average Bonchev–Trinajstić information content (AvgIpc) is 2.62. The Bertz CT molecular complexity index is 146. The number of ether oxygens (including phenoxy) is 1. The molecule has 1 saturated heterocycles. The van der Waals surface area contributed by atoms with Crippen LogP contribution in [-0.4, -0.2) is 25.3 Å². The van der Waals surface area contributed by atoms with Gasteiger partial charge in [0.25, 0.3) is 0 Å². The second-order valence-electron chi connectivity index (χ2n) is 4.68. The number of hydrogen-bond acceptors (Lipinski definition) is 2. The predicted molar refractivity (Wildman–Crippen MR) is 53.8 cm³/mol. The molecule has 2 rings (SSSR count). The Labute approximate surface area is 81.0 Å². The summed E-state index contributed by atoms with van der Waals surface area (Å²) >= 11 is 0. The largest absolute Gasteiger partial charge is 0.380 e. The molecule has 2 heteroatoms. The van der Waals surface area contributed by atoms with E-state index in [1.54, 1.807) is 0 Å². The van der Waals surface area contributed by atoms with E-state index in [0.717, 1.165) is 25.2 Å². The molecule has 2 aliphatic rings. The van der Waals surface area contributed by atoms with Gasteiger partial charge in [-0.1, -0.05) is 6.92 Å². The van der Waals surface area contributed by atoms with Crippen molar-refractivity contribution in [3.05, 3.63) is 0 Å². The van der Waals surface area contributed by atoms with Crippen LogP contribution in [0.4, 0.5) is 0 Å². The van der Waals surface area contributed by atoms with Crippen LogP contribution in [0.2, 0.25) is 0 Å². The van der Waals surface area contributed by atoms with Gasteiger partial charge in [-0.15, -0.1) is 0 Å². The first kappa shape index (κ1) is 9.47. The molecule has 0 aromatic heterocycles. The number of rotatable bonds is 2. The molecule has 1 aliphatic heterocycles. The van der Waals surface area contributed by atoms with E-state index in [2.05, 4.69) is 12.2 Å². The zero-order valence-corrected chi connectivity index (χ0v) is 8.59. The highest BCUT2D eigenvalue weighted by Gasteiger charge is 2.22. The molecule has 0 aromatic carbocycles. The van der Waals surface area contributed by atoms with E-state index in [-0.39, 0.29) is 0 Å². The van der Waals surface area contributed by atoms with E-state index in [4.69, 9.17) is 4.74 Å². The summed E-state index contributed by atoms with van der Waals surface area (Å²) in [5.41, 5.74) is 0. The smallest absolute Gasteiger partial charge is 0.0620 e. The molecule has 13 heavy (non-hydrogen) atoms. The summed E-state index contributed by atoms with van der Waals surface area (Å²) < 4.78 is 5.36. The van der Waals surface area contributed by atoms with Crippen LogP contribution in [-0.2, 0) is 4.74 Å². The highest BCUT2D eigenvalue weighted by Crippen LogP contribution is 2.24. The predicted octanol–water partition coefficient (Wildman–Crippen LogP) is 1.94. The molecule has 76 valence electrons. The van der Waals surface area contributed by atoms with Crippen molar-refractivity contribution >= 4 is 0 Å². The molecule has 0 spiro atoms. The maximum Gasteiger partial charge on any atom is 0.0620 e. The molecule has 1 unspecified atom stereocenters. The molecule has 2 nitrogen and oxygen atoms in total. The molecule has 0 bridgehead atoms. The van der Waals surface area contributed by atoms with Gasteiger partial charge in [-0.25, -0.2) is 0 Å². The van der Waals surface area contributed by atoms with Crippen LogP contribution in [0.3, 0.4) is 0 Å². The van der Waals surface area contributed by atoms with Crippen LogP contribution < -0.4 is 5.32 Å². The highest BCUT2D eigenvalue weighted by atomic mass is 16.5. The molecular formula is C11H21NO. The van der Waals surface area contributed by atoms with E-state index >= 15 is 0 Å². The fourth-order valence-electron chi connectivity index (χ4n) is 2.43. The maximum absolute atomic E-state index is 5.36. The van der Waals surface area contributed by atoms with E-state index in [0.29, 0.717) is 6.04 Å². The SMILES string of the molecule is CC1CCC(NC2CCOC2)CC1. The summed E-state index contributed by atoms with van der Waals surface area (Å²) in [6, 6.07) is 1.43. The van der Waals surface area contributed by atoms with Crippen LogP contribution in [0.25, 0.3) is 0 Å². The lowest BCUT2D eigenvalue weighted by Crippen LogP contribution is -2.40. The second-order valence-corrected chi connectivity index (χ2v) is 4.68. The van der Waals surface area contributed by atoms with Gasteiger partial charge in [0.2, 0.25) is 0 Å². The van der Waals surface area contributed by atoms with Gasteiger partial charge in [-0.3, -0.25) is 0 Å². The molecule has 1 aliphatic carbocycles. The minimum atomic E-state index is 0.651. The molecule has 1 atom stereocenters. The Morgan fingerprint density at radius 3 is 2.38 bits per heavy atom. The Balaban J connectivity index is 1.69. The fraction of sp³-hybridized carbons (Fsp3) is 1.00. The van der Waals surface area contributed by atoms with Gasteiger partial charge in [0, 0.05) is 18.7 Å². The standard InChI is InChI=1S/C11H21NO/c1-9-2-4-10(5-3-9)12-11-6-7-13-8-11/h9-12H,2-8H2,1H3.